The van der Waals surface area contributed by atoms with Gasteiger partial charge in [0.15, 0.2) is 0 Å². The van der Waals surface area contributed by atoms with Crippen molar-refractivity contribution in [3.05, 3.63) is 93.6 Å². The number of aromatic amines is 1. The van der Waals surface area contributed by atoms with E-state index < -0.39 is 0 Å². The first-order valence-corrected chi connectivity index (χ1v) is 9.93. The van der Waals surface area contributed by atoms with E-state index in [0.29, 0.717) is 33.3 Å². The zero-order chi connectivity index (χ0) is 21.8. The third-order valence-electron chi connectivity index (χ3n) is 4.80. The molecule has 2 amide bonds. The number of hydrogen-bond donors (Lipinski definition) is 2. The number of furan rings is 1. The van der Waals surface area contributed by atoms with Gasteiger partial charge in [0.2, 0.25) is 0 Å². The number of hydrogen-bond acceptors (Lipinski definition) is 4. The number of pyridine rings is 1. The van der Waals surface area contributed by atoms with Crippen LogP contribution in [0.15, 0.2) is 76.1 Å². The van der Waals surface area contributed by atoms with E-state index >= 15 is 0 Å². The van der Waals surface area contributed by atoms with Crippen molar-refractivity contribution in [1.82, 2.24) is 9.88 Å². The molecular formula is C23H20ClN3O4. The Labute approximate surface area is 183 Å². The molecule has 0 aliphatic heterocycles. The van der Waals surface area contributed by atoms with E-state index in [1.807, 2.05) is 12.1 Å². The van der Waals surface area contributed by atoms with Crippen LogP contribution in [-0.4, -0.2) is 23.0 Å². The molecule has 4 rings (SSSR count). The number of benzene rings is 2. The lowest BCUT2D eigenvalue weighted by atomic mass is 10.1. The molecule has 0 saturated carbocycles. The summed E-state index contributed by atoms with van der Waals surface area (Å²) in [6.07, 6.45) is 1.54. The third kappa shape index (κ3) is 4.90. The summed E-state index contributed by atoms with van der Waals surface area (Å²) in [6, 6.07) is 17.2. The highest BCUT2D eigenvalue weighted by molar-refractivity contribution is 6.30. The van der Waals surface area contributed by atoms with E-state index in [1.54, 1.807) is 61.9 Å². The second kappa shape index (κ2) is 8.97. The van der Waals surface area contributed by atoms with Crippen molar-refractivity contribution in [3.8, 4) is 5.75 Å². The number of H-pyrrole nitrogens is 1. The normalized spacial score (nSPS) is 10.8. The molecule has 0 aliphatic rings. The molecule has 7 nitrogen and oxygen atoms in total. The third-order valence-corrected chi connectivity index (χ3v) is 5.05. The van der Waals surface area contributed by atoms with E-state index in [2.05, 4.69) is 10.3 Å². The topological polar surface area (TPSA) is 87.6 Å². The predicted molar refractivity (Wildman–Crippen MR) is 120 cm³/mol. The molecule has 8 heteroatoms. The summed E-state index contributed by atoms with van der Waals surface area (Å²) in [5.41, 5.74) is 1.44. The van der Waals surface area contributed by atoms with Gasteiger partial charge in [-0.15, -0.1) is 0 Å². The van der Waals surface area contributed by atoms with Gasteiger partial charge in [-0.3, -0.25) is 4.79 Å². The SMILES string of the molecule is COc1ccc2cc(CN(Cc3ccco3)C(=O)Nc3ccc(Cl)cc3)c(=O)[nH]c2c1. The summed E-state index contributed by atoms with van der Waals surface area (Å²) >= 11 is 5.92. The quantitative estimate of drug-likeness (QED) is 0.443. The van der Waals surface area contributed by atoms with Gasteiger partial charge in [-0.05, 0) is 60.0 Å². The van der Waals surface area contributed by atoms with Gasteiger partial charge in [0.25, 0.3) is 5.56 Å². The number of nitrogens with zero attached hydrogens (tertiary/aromatic N) is 1. The first kappa shape index (κ1) is 20.6. The Morgan fingerprint density at radius 1 is 1.13 bits per heavy atom. The van der Waals surface area contributed by atoms with Crippen LogP contribution in [0.2, 0.25) is 5.02 Å². The van der Waals surface area contributed by atoms with Crippen LogP contribution in [0, 0.1) is 0 Å². The van der Waals surface area contributed by atoms with Crippen LogP contribution < -0.4 is 15.6 Å². The average molecular weight is 438 g/mol. The number of ether oxygens (including phenoxy) is 1. The van der Waals surface area contributed by atoms with Gasteiger partial charge < -0.3 is 24.4 Å². The summed E-state index contributed by atoms with van der Waals surface area (Å²) in [7, 11) is 1.57. The minimum atomic E-state index is -0.368. The lowest BCUT2D eigenvalue weighted by Crippen LogP contribution is -2.35. The summed E-state index contributed by atoms with van der Waals surface area (Å²) in [5, 5.41) is 4.24. The smallest absolute Gasteiger partial charge is 0.322 e. The first-order chi connectivity index (χ1) is 15.0. The van der Waals surface area contributed by atoms with Crippen molar-refractivity contribution in [3.63, 3.8) is 0 Å². The van der Waals surface area contributed by atoms with Crippen molar-refractivity contribution in [2.24, 2.45) is 0 Å². The van der Waals surface area contributed by atoms with E-state index in [0.717, 1.165) is 5.39 Å². The number of halogens is 1. The number of carbonyl (C=O) groups excluding carboxylic acids is 1. The Morgan fingerprint density at radius 2 is 1.94 bits per heavy atom. The summed E-state index contributed by atoms with van der Waals surface area (Å²) in [4.78, 5) is 30.1. The molecule has 0 aliphatic carbocycles. The van der Waals surface area contributed by atoms with Gasteiger partial charge in [0, 0.05) is 22.3 Å². The van der Waals surface area contributed by atoms with Crippen LogP contribution in [0.3, 0.4) is 0 Å². The highest BCUT2D eigenvalue weighted by Gasteiger charge is 2.18. The molecule has 2 N–H and O–H groups in total. The van der Waals surface area contributed by atoms with Gasteiger partial charge in [0.05, 0.1) is 32.0 Å². The second-order valence-electron chi connectivity index (χ2n) is 6.95. The van der Waals surface area contributed by atoms with E-state index in [-0.39, 0.29) is 24.7 Å². The molecular weight excluding hydrogens is 418 g/mol. The van der Waals surface area contributed by atoms with Gasteiger partial charge in [-0.2, -0.15) is 0 Å². The number of methoxy groups -OCH3 is 1. The van der Waals surface area contributed by atoms with Crippen molar-refractivity contribution in [1.29, 1.82) is 0 Å². The van der Waals surface area contributed by atoms with Crippen molar-refractivity contribution >= 4 is 34.2 Å². The fourth-order valence-electron chi connectivity index (χ4n) is 3.20. The lowest BCUT2D eigenvalue weighted by Gasteiger charge is -2.22. The van der Waals surface area contributed by atoms with Crippen molar-refractivity contribution < 1.29 is 13.9 Å². The number of nitrogens with one attached hydrogen (secondary N) is 2. The van der Waals surface area contributed by atoms with Crippen LogP contribution in [0.4, 0.5) is 10.5 Å². The molecule has 0 saturated heterocycles. The first-order valence-electron chi connectivity index (χ1n) is 9.55. The second-order valence-corrected chi connectivity index (χ2v) is 7.39. The highest BCUT2D eigenvalue weighted by atomic mass is 35.5. The van der Waals surface area contributed by atoms with Crippen molar-refractivity contribution in [2.75, 3.05) is 12.4 Å². The standard InChI is InChI=1S/C23H20ClN3O4/c1-30-19-9-4-15-11-16(22(28)26-21(15)12-19)13-27(14-20-3-2-10-31-20)23(29)25-18-7-5-17(24)6-8-18/h2-12H,13-14H2,1H3,(H,25,29)(H,26,28). The average Bonchev–Trinajstić information content (AvgIpc) is 3.28. The monoisotopic (exact) mass is 437 g/mol. The fourth-order valence-corrected chi connectivity index (χ4v) is 3.33. The Bertz CT molecular complexity index is 1250. The van der Waals surface area contributed by atoms with E-state index in [9.17, 15) is 9.59 Å². The van der Waals surface area contributed by atoms with Crippen LogP contribution >= 0.6 is 11.6 Å². The molecule has 31 heavy (non-hydrogen) atoms. The Hall–Kier alpha value is -3.71. The summed E-state index contributed by atoms with van der Waals surface area (Å²) in [6.45, 7) is 0.296. The highest BCUT2D eigenvalue weighted by Crippen LogP contribution is 2.20. The van der Waals surface area contributed by atoms with Gasteiger partial charge in [-0.1, -0.05) is 11.6 Å². The molecule has 0 radical (unpaired) electrons. The minimum Gasteiger partial charge on any atom is -0.497 e. The van der Waals surface area contributed by atoms with E-state index in [1.165, 1.54) is 4.90 Å². The molecule has 2 heterocycles. The molecule has 0 unspecified atom stereocenters. The zero-order valence-electron chi connectivity index (χ0n) is 16.7. The summed E-state index contributed by atoms with van der Waals surface area (Å²) < 4.78 is 10.6. The van der Waals surface area contributed by atoms with E-state index in [4.69, 9.17) is 20.8 Å². The van der Waals surface area contributed by atoms with Crippen LogP contribution in [0.5, 0.6) is 5.75 Å². The van der Waals surface area contributed by atoms with Crippen LogP contribution in [0.1, 0.15) is 11.3 Å². The lowest BCUT2D eigenvalue weighted by molar-refractivity contribution is 0.201. The van der Waals surface area contributed by atoms with Crippen LogP contribution in [0.25, 0.3) is 10.9 Å². The number of urea groups is 1. The number of fused-ring (bicyclic) bond motifs is 1. The Kier molecular flexibility index (Phi) is 5.95. The number of aromatic nitrogens is 1. The largest absolute Gasteiger partial charge is 0.497 e. The van der Waals surface area contributed by atoms with Gasteiger partial charge >= 0.3 is 6.03 Å². The maximum absolute atomic E-state index is 13.0. The van der Waals surface area contributed by atoms with Gasteiger partial charge in [0.1, 0.15) is 11.5 Å². The minimum absolute atomic E-state index is 0.0947. The molecule has 2 aromatic heterocycles. The molecule has 2 aromatic carbocycles. The zero-order valence-corrected chi connectivity index (χ0v) is 17.5. The molecule has 0 atom stereocenters. The maximum atomic E-state index is 13.0. The number of rotatable bonds is 6. The maximum Gasteiger partial charge on any atom is 0.322 e. The fraction of sp³-hybridized carbons (Fsp3) is 0.130. The molecule has 0 spiro atoms. The number of amides is 2. The van der Waals surface area contributed by atoms with Gasteiger partial charge in [-0.25, -0.2) is 4.79 Å². The molecule has 4 aromatic rings. The predicted octanol–water partition coefficient (Wildman–Crippen LogP) is 5.02. The van der Waals surface area contributed by atoms with Crippen molar-refractivity contribution in [2.45, 2.75) is 13.1 Å². The van der Waals surface area contributed by atoms with Crippen LogP contribution in [-0.2, 0) is 13.1 Å². The molecule has 158 valence electrons. The number of carbonyl (C=O) groups is 1. The molecule has 0 fully saturated rings. The Morgan fingerprint density at radius 3 is 2.65 bits per heavy atom. The number of anilines is 1. The Balaban J connectivity index is 1.62. The molecule has 0 bridgehead atoms. The summed E-state index contributed by atoms with van der Waals surface area (Å²) in [5.74, 6) is 1.26.